The van der Waals surface area contributed by atoms with Crippen LogP contribution in [0.5, 0.6) is 0 Å². The molecule has 1 aliphatic rings. The highest BCUT2D eigenvalue weighted by Crippen LogP contribution is 2.20. The molecule has 0 aliphatic heterocycles. The summed E-state index contributed by atoms with van der Waals surface area (Å²) in [7, 11) is 1.77. The molecule has 0 atom stereocenters. The number of hydrogen-bond acceptors (Lipinski definition) is 4. The van der Waals surface area contributed by atoms with E-state index >= 15 is 0 Å². The van der Waals surface area contributed by atoms with Crippen LogP contribution in [0.25, 0.3) is 0 Å². The molecule has 0 spiro atoms. The molecule has 1 aliphatic carbocycles. The maximum absolute atomic E-state index is 5.85. The summed E-state index contributed by atoms with van der Waals surface area (Å²) in [4.78, 5) is 4.21. The topological polar surface area (TPSA) is 71.7 Å². The number of nitrogens with zero attached hydrogens (tertiary/aromatic N) is 2. The third kappa shape index (κ3) is 6.22. The van der Waals surface area contributed by atoms with E-state index in [1.807, 2.05) is 6.07 Å². The smallest absolute Gasteiger partial charge is 0.191 e. The molecule has 23 heavy (non-hydrogen) atoms. The Morgan fingerprint density at radius 3 is 2.83 bits per heavy atom. The highest BCUT2D eigenvalue weighted by Gasteiger charge is 2.14. The Kier molecular flexibility index (Phi) is 7.39. The van der Waals surface area contributed by atoms with E-state index in [4.69, 9.17) is 9.26 Å². The zero-order valence-electron chi connectivity index (χ0n) is 14.6. The molecular weight excluding hydrogens is 292 g/mol. The lowest BCUT2D eigenvalue weighted by Crippen LogP contribution is -2.37. The third-order valence-electron chi connectivity index (χ3n) is 4.09. The number of aliphatic imine (C=N–C) groups is 1. The first-order valence-corrected chi connectivity index (χ1v) is 8.70. The second-order valence-corrected chi connectivity index (χ2v) is 6.36. The fraction of sp³-hybridized carbons (Fsp3) is 0.765. The van der Waals surface area contributed by atoms with E-state index in [1.54, 1.807) is 7.05 Å². The highest BCUT2D eigenvalue weighted by molar-refractivity contribution is 5.79. The van der Waals surface area contributed by atoms with E-state index in [0.29, 0.717) is 18.6 Å². The quantitative estimate of drug-likeness (QED) is 0.437. The molecule has 0 saturated heterocycles. The first kappa shape index (κ1) is 17.8. The Balaban J connectivity index is 1.59. The summed E-state index contributed by atoms with van der Waals surface area (Å²) in [6.45, 7) is 6.44. The van der Waals surface area contributed by atoms with Crippen LogP contribution >= 0.6 is 0 Å². The van der Waals surface area contributed by atoms with E-state index in [2.05, 4.69) is 34.6 Å². The molecule has 0 radical (unpaired) electrons. The van der Waals surface area contributed by atoms with Gasteiger partial charge in [-0.15, -0.1) is 0 Å². The lowest BCUT2D eigenvalue weighted by atomic mass is 10.1. The molecule has 1 fully saturated rings. The molecule has 6 nitrogen and oxygen atoms in total. The van der Waals surface area contributed by atoms with Gasteiger partial charge in [-0.25, -0.2) is 0 Å². The van der Waals surface area contributed by atoms with Gasteiger partial charge >= 0.3 is 0 Å². The normalized spacial score (nSPS) is 16.3. The predicted molar refractivity (Wildman–Crippen MR) is 91.6 cm³/mol. The van der Waals surface area contributed by atoms with Crippen molar-refractivity contribution < 1.29 is 9.26 Å². The van der Waals surface area contributed by atoms with Crippen molar-refractivity contribution in [1.82, 2.24) is 15.8 Å². The largest absolute Gasteiger partial charge is 0.378 e. The van der Waals surface area contributed by atoms with Gasteiger partial charge in [-0.2, -0.15) is 0 Å². The summed E-state index contributed by atoms with van der Waals surface area (Å²) in [6, 6.07) is 1.99. The van der Waals surface area contributed by atoms with Crippen LogP contribution in [-0.4, -0.2) is 37.4 Å². The van der Waals surface area contributed by atoms with Crippen LogP contribution in [0.3, 0.4) is 0 Å². The van der Waals surface area contributed by atoms with E-state index in [-0.39, 0.29) is 0 Å². The molecule has 2 N–H and O–H groups in total. The van der Waals surface area contributed by atoms with Crippen molar-refractivity contribution in [3.8, 4) is 0 Å². The van der Waals surface area contributed by atoms with Gasteiger partial charge < -0.3 is 19.9 Å². The molecule has 1 aromatic rings. The minimum atomic E-state index is 0.379. The van der Waals surface area contributed by atoms with Gasteiger partial charge in [-0.05, 0) is 25.2 Å². The van der Waals surface area contributed by atoms with Crippen molar-refractivity contribution in [2.75, 3.05) is 20.2 Å². The van der Waals surface area contributed by atoms with Gasteiger partial charge in [-0.3, -0.25) is 4.99 Å². The fourth-order valence-electron chi connectivity index (χ4n) is 2.66. The van der Waals surface area contributed by atoms with Gasteiger partial charge in [0.1, 0.15) is 0 Å². The number of hydrogen-bond donors (Lipinski definition) is 2. The summed E-state index contributed by atoms with van der Waals surface area (Å²) in [5.74, 6) is 1.97. The van der Waals surface area contributed by atoms with Crippen molar-refractivity contribution in [3.63, 3.8) is 0 Å². The Bertz CT molecular complexity index is 479. The molecule has 130 valence electrons. The number of guanidine groups is 1. The standard InChI is InChI=1S/C17H30N4O2/c1-13(2)16-11-15(23-21-16)12-20-17(18-3)19-9-6-10-22-14-7-4-5-8-14/h11,13-14H,4-10,12H2,1-3H3,(H2,18,19,20). The van der Waals surface area contributed by atoms with E-state index in [9.17, 15) is 0 Å². The summed E-state index contributed by atoms with van der Waals surface area (Å²) >= 11 is 0. The molecule has 0 bridgehead atoms. The van der Waals surface area contributed by atoms with Crippen molar-refractivity contribution in [2.45, 2.75) is 64.5 Å². The van der Waals surface area contributed by atoms with Gasteiger partial charge in [0.15, 0.2) is 11.7 Å². The molecule has 1 saturated carbocycles. The van der Waals surface area contributed by atoms with Gasteiger partial charge in [0, 0.05) is 26.3 Å². The number of nitrogens with one attached hydrogen (secondary N) is 2. The maximum atomic E-state index is 5.85. The summed E-state index contributed by atoms with van der Waals surface area (Å²) < 4.78 is 11.2. The summed E-state index contributed by atoms with van der Waals surface area (Å²) in [5.41, 5.74) is 0.980. The monoisotopic (exact) mass is 322 g/mol. The zero-order valence-corrected chi connectivity index (χ0v) is 14.6. The van der Waals surface area contributed by atoms with Gasteiger partial charge in [0.2, 0.25) is 0 Å². The molecule has 2 rings (SSSR count). The molecule has 0 aromatic carbocycles. The average molecular weight is 322 g/mol. The second kappa shape index (κ2) is 9.55. The average Bonchev–Trinajstić information content (AvgIpc) is 3.21. The van der Waals surface area contributed by atoms with Gasteiger partial charge in [0.25, 0.3) is 0 Å². The lowest BCUT2D eigenvalue weighted by molar-refractivity contribution is 0.0574. The van der Waals surface area contributed by atoms with Crippen molar-refractivity contribution in [1.29, 1.82) is 0 Å². The highest BCUT2D eigenvalue weighted by atomic mass is 16.5. The molecule has 0 amide bonds. The van der Waals surface area contributed by atoms with E-state index in [0.717, 1.165) is 37.0 Å². The second-order valence-electron chi connectivity index (χ2n) is 6.36. The maximum Gasteiger partial charge on any atom is 0.191 e. The van der Waals surface area contributed by atoms with Crippen LogP contribution in [0.4, 0.5) is 0 Å². The predicted octanol–water partition coefficient (Wildman–Crippen LogP) is 2.81. The number of ether oxygens (including phenoxy) is 1. The number of rotatable bonds is 8. The molecule has 0 unspecified atom stereocenters. The fourth-order valence-corrected chi connectivity index (χ4v) is 2.66. The minimum absolute atomic E-state index is 0.379. The van der Waals surface area contributed by atoms with Crippen LogP contribution in [0.15, 0.2) is 15.6 Å². The van der Waals surface area contributed by atoms with E-state index < -0.39 is 0 Å². The van der Waals surface area contributed by atoms with Gasteiger partial charge in [0.05, 0.1) is 18.3 Å². The first-order valence-electron chi connectivity index (χ1n) is 8.70. The molecular formula is C17H30N4O2. The third-order valence-corrected chi connectivity index (χ3v) is 4.09. The van der Waals surface area contributed by atoms with Crippen LogP contribution in [-0.2, 0) is 11.3 Å². The Hall–Kier alpha value is -1.56. The van der Waals surface area contributed by atoms with Crippen LogP contribution < -0.4 is 10.6 Å². The number of aromatic nitrogens is 1. The Labute approximate surface area is 139 Å². The summed E-state index contributed by atoms with van der Waals surface area (Å²) in [5, 5.41) is 10.6. The van der Waals surface area contributed by atoms with Crippen molar-refractivity contribution >= 4 is 5.96 Å². The Morgan fingerprint density at radius 2 is 2.17 bits per heavy atom. The lowest BCUT2D eigenvalue weighted by Gasteiger charge is -2.13. The van der Waals surface area contributed by atoms with Crippen LogP contribution in [0.2, 0.25) is 0 Å². The SMILES string of the molecule is CN=C(NCCCOC1CCCC1)NCc1cc(C(C)C)no1. The minimum Gasteiger partial charge on any atom is -0.378 e. The first-order chi connectivity index (χ1) is 11.2. The van der Waals surface area contributed by atoms with Crippen LogP contribution in [0, 0.1) is 0 Å². The summed E-state index contributed by atoms with van der Waals surface area (Å²) in [6.07, 6.45) is 6.57. The van der Waals surface area contributed by atoms with Crippen molar-refractivity contribution in [3.05, 3.63) is 17.5 Å². The van der Waals surface area contributed by atoms with E-state index in [1.165, 1.54) is 25.7 Å². The van der Waals surface area contributed by atoms with Crippen molar-refractivity contribution in [2.24, 2.45) is 4.99 Å². The molecule has 1 heterocycles. The molecule has 6 heteroatoms. The Morgan fingerprint density at radius 1 is 1.39 bits per heavy atom. The zero-order chi connectivity index (χ0) is 16.5. The van der Waals surface area contributed by atoms with Crippen LogP contribution in [0.1, 0.15) is 63.3 Å². The van der Waals surface area contributed by atoms with Gasteiger partial charge in [-0.1, -0.05) is 31.8 Å². The molecule has 1 aromatic heterocycles.